The van der Waals surface area contributed by atoms with E-state index in [-0.39, 0.29) is 32.2 Å². The van der Waals surface area contributed by atoms with Crippen LogP contribution in [0.1, 0.15) is 40.9 Å². The van der Waals surface area contributed by atoms with Crippen LogP contribution in [0.3, 0.4) is 0 Å². The summed E-state index contributed by atoms with van der Waals surface area (Å²) in [6.07, 6.45) is -0.582. The molecular formula is C24H32FN3O6. The van der Waals surface area contributed by atoms with Gasteiger partial charge in [0, 0.05) is 24.8 Å². The van der Waals surface area contributed by atoms with Crippen LogP contribution >= 0.6 is 0 Å². The molecule has 0 spiro atoms. The van der Waals surface area contributed by atoms with Crippen molar-refractivity contribution in [3.05, 3.63) is 64.7 Å². The molecule has 10 heteroatoms. The van der Waals surface area contributed by atoms with Crippen LogP contribution in [0.2, 0.25) is 0 Å². The molecule has 0 saturated heterocycles. The third kappa shape index (κ3) is 7.26. The average Bonchev–Trinajstić information content (AvgIpc) is 2.84. The quantitative estimate of drug-likeness (QED) is 0.256. The molecule has 1 atom stereocenters. The van der Waals surface area contributed by atoms with Gasteiger partial charge in [0.15, 0.2) is 0 Å². The highest BCUT2D eigenvalue weighted by atomic mass is 19.0. The van der Waals surface area contributed by atoms with E-state index in [1.165, 1.54) is 12.0 Å². The summed E-state index contributed by atoms with van der Waals surface area (Å²) >= 11 is 0. The van der Waals surface area contributed by atoms with Gasteiger partial charge in [-0.3, -0.25) is 19.7 Å². The number of carboxylic acid groups (broad SMARTS) is 1. The van der Waals surface area contributed by atoms with Crippen LogP contribution in [0.5, 0.6) is 5.75 Å². The second-order valence-corrected chi connectivity index (χ2v) is 7.38. The van der Waals surface area contributed by atoms with Gasteiger partial charge in [-0.15, -0.1) is 0 Å². The number of nitrogens with zero attached hydrogens (tertiary/aromatic N) is 1. The molecule has 3 rings (SSSR count). The van der Waals surface area contributed by atoms with Crippen molar-refractivity contribution in [2.75, 3.05) is 26.9 Å². The van der Waals surface area contributed by atoms with Gasteiger partial charge in [-0.25, -0.2) is 0 Å². The second kappa shape index (κ2) is 13.3. The minimum Gasteiger partial charge on any atom is -0.489 e. The SMILES string of the molecule is C.COCCOC(CC(=O)O)N1CCc2cc(OCc3ccc(C(=N)N)cc3)ccc2C1=O.[3H]F. The molecule has 1 amide bonds. The summed E-state index contributed by atoms with van der Waals surface area (Å²) in [5.74, 6) is -0.646. The third-order valence-electron chi connectivity index (χ3n) is 5.16. The fraction of sp³-hybridized carbons (Fsp3) is 0.375. The molecule has 2 aromatic rings. The predicted octanol–water partition coefficient (Wildman–Crippen LogP) is 2.80. The molecule has 0 aliphatic carbocycles. The first-order valence-corrected chi connectivity index (χ1v) is 10.2. The van der Waals surface area contributed by atoms with E-state index in [2.05, 4.69) is 1.45 Å². The minimum absolute atomic E-state index is 0. The topological polar surface area (TPSA) is 135 Å². The van der Waals surface area contributed by atoms with Crippen molar-refractivity contribution >= 4 is 17.7 Å². The number of nitrogens with two attached hydrogens (primary N) is 1. The summed E-state index contributed by atoms with van der Waals surface area (Å²) in [6.45, 7) is 1.20. The summed E-state index contributed by atoms with van der Waals surface area (Å²) in [6, 6.07) is 12.5. The van der Waals surface area contributed by atoms with E-state index in [1.807, 2.05) is 18.2 Å². The van der Waals surface area contributed by atoms with Gasteiger partial charge in [0.05, 0.1) is 19.6 Å². The highest BCUT2D eigenvalue weighted by Crippen LogP contribution is 2.26. The third-order valence-corrected chi connectivity index (χ3v) is 5.16. The second-order valence-electron chi connectivity index (χ2n) is 7.38. The number of benzene rings is 2. The first-order chi connectivity index (χ1) is 16.4. The smallest absolute Gasteiger partial charge is 0.307 e. The van der Waals surface area contributed by atoms with Crippen molar-refractivity contribution in [2.45, 2.75) is 33.1 Å². The fourth-order valence-corrected chi connectivity index (χ4v) is 3.47. The number of aliphatic carboxylic acids is 1. The summed E-state index contributed by atoms with van der Waals surface area (Å²) in [4.78, 5) is 25.7. The van der Waals surface area contributed by atoms with Gasteiger partial charge in [0.25, 0.3) is 7.36 Å². The van der Waals surface area contributed by atoms with Gasteiger partial charge in [-0.1, -0.05) is 31.7 Å². The monoisotopic (exact) mass is 479 g/mol. The number of fused-ring (bicyclic) bond motifs is 1. The van der Waals surface area contributed by atoms with Gasteiger partial charge < -0.3 is 30.0 Å². The van der Waals surface area contributed by atoms with Crippen molar-refractivity contribution in [3.8, 4) is 5.75 Å². The minimum atomic E-state index is -1.04. The molecule has 0 saturated carbocycles. The molecule has 4 N–H and O–H groups in total. The number of ether oxygens (including phenoxy) is 3. The van der Waals surface area contributed by atoms with Crippen LogP contribution < -0.4 is 10.5 Å². The number of methoxy groups -OCH3 is 1. The summed E-state index contributed by atoms with van der Waals surface area (Å²) in [7, 11) is 1.53. The van der Waals surface area contributed by atoms with Crippen LogP contribution in [0.4, 0.5) is 4.72 Å². The maximum absolute atomic E-state index is 13.0. The molecule has 0 radical (unpaired) electrons. The van der Waals surface area contributed by atoms with E-state index in [0.29, 0.717) is 43.1 Å². The lowest BCUT2D eigenvalue weighted by Crippen LogP contribution is -2.47. The van der Waals surface area contributed by atoms with E-state index in [4.69, 9.17) is 30.1 Å². The van der Waals surface area contributed by atoms with Gasteiger partial charge >= 0.3 is 5.97 Å². The predicted molar refractivity (Wildman–Crippen MR) is 126 cm³/mol. The van der Waals surface area contributed by atoms with Crippen LogP contribution in [0, 0.1) is 5.41 Å². The standard InChI is InChI=1S/C23H27N3O6.CH4.FH/c1-30-10-11-31-20(13-21(27)28)26-9-8-17-12-18(6-7-19(17)23(26)29)32-14-15-2-4-16(5-3-15)22(24)25;;/h2-7,12,20H,8-11,13-14H2,1H3,(H3,24,25)(H,27,28);1H4;1H/i/hT. The molecule has 9 nitrogen and oxygen atoms in total. The Hall–Kier alpha value is -3.50. The normalized spacial score (nSPS) is 13.4. The van der Waals surface area contributed by atoms with Crippen molar-refractivity contribution in [3.63, 3.8) is 0 Å². The highest BCUT2D eigenvalue weighted by Gasteiger charge is 2.32. The molecule has 0 bridgehead atoms. The number of halogens is 1. The lowest BCUT2D eigenvalue weighted by atomic mass is 9.98. The number of carbonyl (C=O) groups excluding carboxylic acids is 1. The Morgan fingerprint density at radius 1 is 1.26 bits per heavy atom. The van der Waals surface area contributed by atoms with E-state index in [9.17, 15) is 14.7 Å². The Labute approximate surface area is 199 Å². The lowest BCUT2D eigenvalue weighted by molar-refractivity contribution is -0.144. The number of carbonyl (C=O) groups is 2. The maximum atomic E-state index is 13.0. The lowest BCUT2D eigenvalue weighted by Gasteiger charge is -2.34. The molecule has 1 unspecified atom stereocenters. The van der Waals surface area contributed by atoms with Crippen molar-refractivity contribution in [2.24, 2.45) is 5.73 Å². The summed E-state index contributed by atoms with van der Waals surface area (Å²) in [5.41, 5.74) is 8.41. The Bertz CT molecular complexity index is 990. The van der Waals surface area contributed by atoms with Gasteiger partial charge in [-0.2, -0.15) is 0 Å². The van der Waals surface area contributed by atoms with E-state index < -0.39 is 12.2 Å². The van der Waals surface area contributed by atoms with Crippen LogP contribution in [0.25, 0.3) is 0 Å². The van der Waals surface area contributed by atoms with Gasteiger partial charge in [-0.05, 0) is 35.7 Å². The van der Waals surface area contributed by atoms with Crippen LogP contribution in [0.15, 0.2) is 42.5 Å². The number of rotatable bonds is 11. The molecule has 34 heavy (non-hydrogen) atoms. The van der Waals surface area contributed by atoms with Crippen LogP contribution in [-0.2, 0) is 27.3 Å². The first-order valence-electron chi connectivity index (χ1n) is 10.6. The number of hydrogen-bond acceptors (Lipinski definition) is 6. The van der Waals surface area contributed by atoms with E-state index >= 15 is 0 Å². The largest absolute Gasteiger partial charge is 0.489 e. The van der Waals surface area contributed by atoms with Crippen LogP contribution in [-0.4, -0.2) is 62.3 Å². The average molecular weight is 480 g/mol. The Morgan fingerprint density at radius 3 is 2.59 bits per heavy atom. The fourth-order valence-electron chi connectivity index (χ4n) is 3.47. The number of carboxylic acids is 1. The molecular weight excluding hydrogens is 445 g/mol. The molecule has 2 aromatic carbocycles. The highest BCUT2D eigenvalue weighted by molar-refractivity contribution is 5.97. The molecule has 186 valence electrons. The van der Waals surface area contributed by atoms with Gasteiger partial charge in [0.2, 0.25) is 0 Å². The molecule has 1 heterocycles. The van der Waals surface area contributed by atoms with Crippen molar-refractivity contribution in [1.29, 1.82) is 6.86 Å². The van der Waals surface area contributed by atoms with Crippen molar-refractivity contribution < 1.29 is 33.6 Å². The van der Waals surface area contributed by atoms with Gasteiger partial charge in [0.1, 0.15) is 24.4 Å². The number of nitrogens with one attached hydrogen (secondary N) is 1. The maximum Gasteiger partial charge on any atom is 0.307 e. The zero-order valence-corrected chi connectivity index (χ0v) is 18.3. The number of amides is 1. The summed E-state index contributed by atoms with van der Waals surface area (Å²) < 4.78 is 29.4. The Kier molecular flexibility index (Phi) is 10.4. The molecule has 0 fully saturated rings. The molecule has 0 aromatic heterocycles. The Morgan fingerprint density at radius 2 is 1.97 bits per heavy atom. The zero-order chi connectivity index (χ0) is 25.1. The first kappa shape index (κ1) is 26.7. The van der Waals surface area contributed by atoms with Crippen molar-refractivity contribution in [1.82, 2.24) is 4.90 Å². The Balaban J connectivity index is 0.00000199. The molecule has 1 aliphatic rings. The van der Waals surface area contributed by atoms with E-state index in [1.54, 1.807) is 24.3 Å². The molecule has 1 aliphatic heterocycles. The summed E-state index contributed by atoms with van der Waals surface area (Å²) in [5, 5.41) is 16.6. The zero-order valence-electron chi connectivity index (χ0n) is 19.3. The number of amidine groups is 1. The number of nitrogen functional groups attached to an aromatic ring is 1. The van der Waals surface area contributed by atoms with E-state index in [0.717, 1.165) is 11.1 Å². The number of hydrogen-bond donors (Lipinski definition) is 3.